The van der Waals surface area contributed by atoms with Gasteiger partial charge in [-0.3, -0.25) is 9.89 Å². The van der Waals surface area contributed by atoms with Crippen LogP contribution in [0, 0.1) is 0 Å². The summed E-state index contributed by atoms with van der Waals surface area (Å²) in [5.74, 6) is 1.45. The lowest BCUT2D eigenvalue weighted by molar-refractivity contribution is -0.0817. The Morgan fingerprint density at radius 2 is 1.89 bits per heavy atom. The number of halogens is 1. The first-order valence-electron chi connectivity index (χ1n) is 9.76. The molecule has 2 unspecified atom stereocenters. The molecule has 0 bridgehead atoms. The summed E-state index contributed by atoms with van der Waals surface area (Å²) < 4.78 is 34.7. The van der Waals surface area contributed by atoms with Crippen molar-refractivity contribution in [1.29, 1.82) is 0 Å². The molecule has 0 aromatic carbocycles. The summed E-state index contributed by atoms with van der Waals surface area (Å²) in [4.78, 5) is 9.22. The lowest BCUT2D eigenvalue weighted by Crippen LogP contribution is -2.53. The summed E-state index contributed by atoms with van der Waals surface area (Å²) >= 11 is 0. The molecule has 8 nitrogen and oxygen atoms in total. The van der Waals surface area contributed by atoms with Crippen molar-refractivity contribution >= 4 is 39.8 Å². The van der Waals surface area contributed by atoms with E-state index in [0.29, 0.717) is 26.2 Å². The third-order valence-corrected chi connectivity index (χ3v) is 6.83. The Bertz CT molecular complexity index is 569. The van der Waals surface area contributed by atoms with E-state index < -0.39 is 9.84 Å². The molecule has 0 spiro atoms. The average molecular weight is 516 g/mol. The summed E-state index contributed by atoms with van der Waals surface area (Å²) in [6, 6.07) is 0. The van der Waals surface area contributed by atoms with E-state index in [9.17, 15) is 8.42 Å². The molecule has 3 aliphatic heterocycles. The number of nitrogens with one attached hydrogen (secondary N) is 1. The van der Waals surface area contributed by atoms with Gasteiger partial charge >= 0.3 is 0 Å². The van der Waals surface area contributed by atoms with Crippen LogP contribution in [-0.2, 0) is 19.3 Å². The normalized spacial score (nSPS) is 29.4. The SMILES string of the molecule is CCNC(=NCCN1CCS(=O)(=O)CC1)N1CCOC(C2CCCO2)C1.I. The van der Waals surface area contributed by atoms with Crippen molar-refractivity contribution in [2.24, 2.45) is 4.99 Å². The molecular formula is C17H33IN4O4S. The largest absolute Gasteiger partial charge is 0.375 e. The van der Waals surface area contributed by atoms with Gasteiger partial charge < -0.3 is 19.7 Å². The standard InChI is InChI=1S/C17H32N4O4S.HI/c1-2-18-17(19-5-6-20-8-12-26(22,23)13-9-20)21-7-11-25-16(14-21)15-4-3-10-24-15;/h15-16H,2-14H2,1H3,(H,18,19);1H. The van der Waals surface area contributed by atoms with Gasteiger partial charge in [0.2, 0.25) is 0 Å². The molecule has 1 N–H and O–H groups in total. The molecule has 0 aromatic rings. The molecule has 3 fully saturated rings. The highest BCUT2D eigenvalue weighted by Gasteiger charge is 2.32. The Morgan fingerprint density at radius 1 is 1.15 bits per heavy atom. The van der Waals surface area contributed by atoms with Gasteiger partial charge in [0, 0.05) is 45.9 Å². The van der Waals surface area contributed by atoms with E-state index >= 15 is 0 Å². The third-order valence-electron chi connectivity index (χ3n) is 5.22. The molecule has 158 valence electrons. The minimum atomic E-state index is -2.82. The molecule has 3 rings (SSSR count). The number of rotatable bonds is 5. The van der Waals surface area contributed by atoms with Gasteiger partial charge in [0.15, 0.2) is 15.8 Å². The number of morpholine rings is 1. The molecule has 3 aliphatic rings. The Labute approximate surface area is 180 Å². The van der Waals surface area contributed by atoms with Gasteiger partial charge in [-0.25, -0.2) is 8.42 Å². The van der Waals surface area contributed by atoms with E-state index in [1.54, 1.807) is 0 Å². The zero-order chi connectivity index (χ0) is 18.4. The lowest BCUT2D eigenvalue weighted by atomic mass is 10.1. The minimum Gasteiger partial charge on any atom is -0.375 e. The molecule has 27 heavy (non-hydrogen) atoms. The maximum Gasteiger partial charge on any atom is 0.194 e. The number of nitrogens with zero attached hydrogens (tertiary/aromatic N) is 3. The smallest absolute Gasteiger partial charge is 0.194 e. The fraction of sp³-hybridized carbons (Fsp3) is 0.941. The molecule has 3 saturated heterocycles. The summed E-state index contributed by atoms with van der Waals surface area (Å²) in [7, 11) is -2.82. The van der Waals surface area contributed by atoms with Crippen molar-refractivity contribution in [2.45, 2.75) is 32.0 Å². The molecule has 0 aliphatic carbocycles. The molecule has 10 heteroatoms. The van der Waals surface area contributed by atoms with E-state index in [0.717, 1.165) is 51.6 Å². The van der Waals surface area contributed by atoms with Gasteiger partial charge in [-0.1, -0.05) is 0 Å². The number of hydrogen-bond donors (Lipinski definition) is 1. The maximum atomic E-state index is 11.5. The van der Waals surface area contributed by atoms with E-state index in [-0.39, 0.29) is 47.7 Å². The number of aliphatic imine (C=N–C) groups is 1. The summed E-state index contributed by atoms with van der Waals surface area (Å²) in [5.41, 5.74) is 0. The van der Waals surface area contributed by atoms with Crippen molar-refractivity contribution < 1.29 is 17.9 Å². The predicted octanol–water partition coefficient (Wildman–Crippen LogP) is 0.180. The van der Waals surface area contributed by atoms with Crippen molar-refractivity contribution in [1.82, 2.24) is 15.1 Å². The average Bonchev–Trinajstić information content (AvgIpc) is 3.17. The van der Waals surface area contributed by atoms with Crippen LogP contribution < -0.4 is 5.32 Å². The van der Waals surface area contributed by atoms with Crippen LogP contribution in [0.25, 0.3) is 0 Å². The van der Waals surface area contributed by atoms with E-state index in [1.165, 1.54) is 0 Å². The first-order valence-corrected chi connectivity index (χ1v) is 11.6. The summed E-state index contributed by atoms with van der Waals surface area (Å²) in [6.07, 6.45) is 2.51. The van der Waals surface area contributed by atoms with Crippen LogP contribution in [-0.4, -0.2) is 107 Å². The van der Waals surface area contributed by atoms with E-state index in [4.69, 9.17) is 14.5 Å². The highest BCUT2D eigenvalue weighted by Crippen LogP contribution is 2.21. The Kier molecular flexibility index (Phi) is 9.53. The summed E-state index contributed by atoms with van der Waals surface area (Å²) in [5, 5.41) is 3.38. The predicted molar refractivity (Wildman–Crippen MR) is 117 cm³/mol. The van der Waals surface area contributed by atoms with E-state index in [2.05, 4.69) is 22.0 Å². The third kappa shape index (κ3) is 6.98. The fourth-order valence-corrected chi connectivity index (χ4v) is 4.96. The van der Waals surface area contributed by atoms with Crippen molar-refractivity contribution in [3.8, 4) is 0 Å². The number of guanidine groups is 1. The van der Waals surface area contributed by atoms with Crippen LogP contribution in [0.1, 0.15) is 19.8 Å². The highest BCUT2D eigenvalue weighted by atomic mass is 127. The second-order valence-electron chi connectivity index (χ2n) is 7.14. The lowest BCUT2D eigenvalue weighted by Gasteiger charge is -2.37. The molecule has 3 heterocycles. The Balaban J connectivity index is 0.00000261. The van der Waals surface area contributed by atoms with Crippen molar-refractivity contribution in [3.63, 3.8) is 0 Å². The van der Waals surface area contributed by atoms with Gasteiger partial charge in [0.1, 0.15) is 6.10 Å². The molecule has 0 radical (unpaired) electrons. The Morgan fingerprint density at radius 3 is 2.56 bits per heavy atom. The van der Waals surface area contributed by atoms with Gasteiger partial charge in [-0.05, 0) is 19.8 Å². The van der Waals surface area contributed by atoms with Gasteiger partial charge in [0.05, 0.1) is 30.8 Å². The van der Waals surface area contributed by atoms with Crippen molar-refractivity contribution in [2.75, 3.05) is 70.5 Å². The monoisotopic (exact) mass is 516 g/mol. The van der Waals surface area contributed by atoms with Crippen LogP contribution in [0.2, 0.25) is 0 Å². The zero-order valence-corrected chi connectivity index (χ0v) is 19.3. The minimum absolute atomic E-state index is 0. The molecule has 0 saturated carbocycles. The van der Waals surface area contributed by atoms with Gasteiger partial charge in [-0.15, -0.1) is 24.0 Å². The number of ether oxygens (including phenoxy) is 2. The van der Waals surface area contributed by atoms with Crippen molar-refractivity contribution in [3.05, 3.63) is 0 Å². The maximum absolute atomic E-state index is 11.5. The molecule has 0 aromatic heterocycles. The second kappa shape index (κ2) is 11.1. The van der Waals surface area contributed by atoms with Crippen LogP contribution in [0.15, 0.2) is 4.99 Å². The number of sulfone groups is 1. The zero-order valence-electron chi connectivity index (χ0n) is 16.1. The van der Waals surface area contributed by atoms with Crippen LogP contribution >= 0.6 is 24.0 Å². The first-order chi connectivity index (χ1) is 12.6. The molecular weight excluding hydrogens is 483 g/mol. The second-order valence-corrected chi connectivity index (χ2v) is 9.44. The van der Waals surface area contributed by atoms with Crippen LogP contribution in [0.5, 0.6) is 0 Å². The highest BCUT2D eigenvalue weighted by molar-refractivity contribution is 14.0. The van der Waals surface area contributed by atoms with Gasteiger partial charge in [0.25, 0.3) is 0 Å². The van der Waals surface area contributed by atoms with Crippen LogP contribution in [0.3, 0.4) is 0 Å². The Hall–Kier alpha value is -0.170. The topological polar surface area (TPSA) is 83.5 Å². The molecule has 2 atom stereocenters. The fourth-order valence-electron chi connectivity index (χ4n) is 3.69. The first kappa shape index (κ1) is 23.1. The molecule has 0 amide bonds. The van der Waals surface area contributed by atoms with E-state index in [1.807, 2.05) is 0 Å². The quantitative estimate of drug-likeness (QED) is 0.317. The van der Waals surface area contributed by atoms with Crippen LogP contribution in [0.4, 0.5) is 0 Å². The summed E-state index contributed by atoms with van der Waals surface area (Å²) in [6.45, 7) is 8.76. The number of hydrogen-bond acceptors (Lipinski definition) is 6. The van der Waals surface area contributed by atoms with Gasteiger partial charge in [-0.2, -0.15) is 0 Å².